The number of anilines is 1. The Labute approximate surface area is 266 Å². The van der Waals surface area contributed by atoms with Gasteiger partial charge >= 0.3 is 6.09 Å². The molecule has 0 saturated heterocycles. The zero-order chi connectivity index (χ0) is 30.2. The highest BCUT2D eigenvalue weighted by molar-refractivity contribution is 8.03. The molecular weight excluding hydrogens is 605 g/mol. The number of amides is 1. The van der Waals surface area contributed by atoms with Crippen molar-refractivity contribution in [1.29, 1.82) is 0 Å². The highest BCUT2D eigenvalue weighted by Crippen LogP contribution is 2.47. The molecule has 0 atom stereocenters. The van der Waals surface area contributed by atoms with E-state index in [2.05, 4.69) is 59.8 Å². The van der Waals surface area contributed by atoms with Crippen LogP contribution in [0.4, 0.5) is 10.5 Å². The number of fused-ring (bicyclic) bond motifs is 2. The molecule has 0 N–H and O–H groups in total. The Morgan fingerprint density at radius 3 is 2.52 bits per heavy atom. The number of thiazole rings is 1. The number of thioether (sulfide) groups is 1. The molecule has 5 nitrogen and oxygen atoms in total. The molecule has 0 bridgehead atoms. The number of carbonyl (C=O) groups is 1. The third kappa shape index (κ3) is 6.45. The third-order valence-electron chi connectivity index (χ3n) is 7.15. The highest BCUT2D eigenvalue weighted by atomic mass is 35.5. The van der Waals surface area contributed by atoms with Crippen LogP contribution in [0, 0.1) is 0 Å². The first-order valence-corrected chi connectivity index (χ1v) is 16.5. The SMILES string of the molecule is CCN1C(=CC=C2CCC(C=Cc3sc4ccc(Cl)cc4[n+]3CC)=C2N(C)C(=O)OC(C)(C)C)Sc2ccc(Cl)cc21. The summed E-state index contributed by atoms with van der Waals surface area (Å²) < 4.78 is 9.24. The van der Waals surface area contributed by atoms with E-state index < -0.39 is 5.60 Å². The number of halogens is 2. The molecule has 0 spiro atoms. The van der Waals surface area contributed by atoms with Crippen LogP contribution in [0.25, 0.3) is 16.3 Å². The topological polar surface area (TPSA) is 36.7 Å². The molecule has 0 fully saturated rings. The van der Waals surface area contributed by atoms with Crippen LogP contribution in [0.1, 0.15) is 52.5 Å². The molecule has 2 aliphatic rings. The van der Waals surface area contributed by atoms with Gasteiger partial charge < -0.3 is 9.64 Å². The molecule has 3 aromatic rings. The summed E-state index contributed by atoms with van der Waals surface area (Å²) in [4.78, 5) is 18.4. The second-order valence-corrected chi connectivity index (χ2v) is 14.2. The molecule has 1 aromatic heterocycles. The summed E-state index contributed by atoms with van der Waals surface area (Å²) in [5, 5.41) is 3.74. The lowest BCUT2D eigenvalue weighted by molar-refractivity contribution is -0.665. The summed E-state index contributed by atoms with van der Waals surface area (Å²) in [6.45, 7) is 11.6. The number of rotatable bonds is 6. The standard InChI is InChI=1S/C33H36Cl2N3O2S2/c1-7-37-25-19-23(34)13-15-27(25)41-29(37)17-11-21-9-10-22(31(21)36(6)32(39)40-33(3,4)5)12-18-30-38(8-2)26-20-24(35)14-16-28(26)42-30/h11-20H,7-10H2,1-6H3/q+1. The summed E-state index contributed by atoms with van der Waals surface area (Å²) in [6, 6.07) is 12.1. The Hall–Kier alpha value is -2.71. The minimum absolute atomic E-state index is 0.364. The maximum absolute atomic E-state index is 13.3. The van der Waals surface area contributed by atoms with E-state index >= 15 is 0 Å². The Kier molecular flexibility index (Phi) is 9.14. The summed E-state index contributed by atoms with van der Waals surface area (Å²) >= 11 is 16.1. The van der Waals surface area contributed by atoms with Crippen LogP contribution in [-0.2, 0) is 11.3 Å². The second kappa shape index (κ2) is 12.5. The number of aryl methyl sites for hydroxylation is 1. The number of aromatic nitrogens is 1. The van der Waals surface area contributed by atoms with Crippen LogP contribution < -0.4 is 9.47 Å². The van der Waals surface area contributed by atoms with Gasteiger partial charge in [-0.2, -0.15) is 4.57 Å². The van der Waals surface area contributed by atoms with Gasteiger partial charge in [-0.3, -0.25) is 4.90 Å². The summed E-state index contributed by atoms with van der Waals surface area (Å²) in [6.07, 6.45) is 9.93. The molecule has 0 unspecified atom stereocenters. The van der Waals surface area contributed by atoms with E-state index in [-0.39, 0.29) is 6.09 Å². The molecule has 1 amide bonds. The van der Waals surface area contributed by atoms with Gasteiger partial charge in [-0.1, -0.05) is 52.4 Å². The van der Waals surface area contributed by atoms with E-state index in [4.69, 9.17) is 27.9 Å². The molecule has 1 aliphatic heterocycles. The van der Waals surface area contributed by atoms with Crippen LogP contribution in [0.15, 0.2) is 81.4 Å². The number of allylic oxidation sites excluding steroid dienone is 5. The van der Waals surface area contributed by atoms with E-state index in [1.807, 2.05) is 45.0 Å². The second-order valence-electron chi connectivity index (χ2n) is 11.2. The van der Waals surface area contributed by atoms with Gasteiger partial charge in [0.2, 0.25) is 5.52 Å². The average Bonchev–Trinajstić information content (AvgIpc) is 3.60. The maximum atomic E-state index is 13.3. The average molecular weight is 642 g/mol. The van der Waals surface area contributed by atoms with Gasteiger partial charge in [0.1, 0.15) is 16.8 Å². The van der Waals surface area contributed by atoms with Gasteiger partial charge in [0, 0.05) is 40.7 Å². The Morgan fingerprint density at radius 1 is 1.07 bits per heavy atom. The molecule has 1 aliphatic carbocycles. The quantitative estimate of drug-likeness (QED) is 0.251. The lowest BCUT2D eigenvalue weighted by Gasteiger charge is -2.26. The summed E-state index contributed by atoms with van der Waals surface area (Å²) in [5.74, 6) is 0. The smallest absolute Gasteiger partial charge is 0.414 e. The fourth-order valence-electron chi connectivity index (χ4n) is 5.28. The highest BCUT2D eigenvalue weighted by Gasteiger charge is 2.29. The number of hydrogen-bond donors (Lipinski definition) is 0. The largest absolute Gasteiger partial charge is 0.443 e. The molecule has 42 heavy (non-hydrogen) atoms. The monoisotopic (exact) mass is 640 g/mol. The van der Waals surface area contributed by atoms with E-state index in [1.54, 1.807) is 35.0 Å². The first kappa shape index (κ1) is 30.7. The fourth-order valence-corrected chi connectivity index (χ4v) is 7.83. The van der Waals surface area contributed by atoms with Crippen molar-refractivity contribution < 1.29 is 14.1 Å². The van der Waals surface area contributed by atoms with Crippen LogP contribution in [-0.4, -0.2) is 30.2 Å². The zero-order valence-electron chi connectivity index (χ0n) is 24.8. The van der Waals surface area contributed by atoms with Crippen molar-refractivity contribution in [1.82, 2.24) is 4.90 Å². The number of nitrogens with zero attached hydrogens (tertiary/aromatic N) is 3. The lowest BCUT2D eigenvalue weighted by Crippen LogP contribution is -2.34. The van der Waals surface area contributed by atoms with Gasteiger partial charge in [-0.15, -0.1) is 0 Å². The van der Waals surface area contributed by atoms with Crippen LogP contribution in [0.3, 0.4) is 0 Å². The van der Waals surface area contributed by atoms with Crippen molar-refractivity contribution in [3.63, 3.8) is 0 Å². The number of ether oxygens (including phenoxy) is 1. The third-order valence-corrected chi connectivity index (χ3v) is 9.88. The molecule has 9 heteroatoms. The molecule has 2 heterocycles. The van der Waals surface area contributed by atoms with Crippen molar-refractivity contribution in [2.45, 2.75) is 64.5 Å². The van der Waals surface area contributed by atoms with E-state index in [1.165, 1.54) is 9.60 Å². The number of hydrogen-bond acceptors (Lipinski definition) is 5. The Balaban J connectivity index is 1.53. The minimum atomic E-state index is -0.591. The number of carbonyl (C=O) groups excluding carboxylic acids is 1. The molecular formula is C33H36Cl2N3O2S2+. The van der Waals surface area contributed by atoms with Gasteiger partial charge in [0.15, 0.2) is 0 Å². The fraction of sp³-hybridized carbons (Fsp3) is 0.333. The molecule has 5 rings (SSSR count). The lowest BCUT2D eigenvalue weighted by atomic mass is 10.1. The summed E-state index contributed by atoms with van der Waals surface area (Å²) in [7, 11) is 1.80. The van der Waals surface area contributed by atoms with E-state index in [0.29, 0.717) is 0 Å². The predicted molar refractivity (Wildman–Crippen MR) is 178 cm³/mol. The van der Waals surface area contributed by atoms with Gasteiger partial charge in [0.05, 0.1) is 16.4 Å². The zero-order valence-corrected chi connectivity index (χ0v) is 28.0. The van der Waals surface area contributed by atoms with E-state index in [0.717, 1.165) is 74.1 Å². The maximum Gasteiger partial charge on any atom is 0.414 e. The van der Waals surface area contributed by atoms with E-state index in [9.17, 15) is 4.79 Å². The predicted octanol–water partition coefficient (Wildman–Crippen LogP) is 9.84. The van der Waals surface area contributed by atoms with Gasteiger partial charge in [-0.05, 0) is 101 Å². The first-order valence-electron chi connectivity index (χ1n) is 14.1. The number of benzene rings is 2. The van der Waals surface area contributed by atoms with Crippen molar-refractivity contribution >= 4 is 74.4 Å². The van der Waals surface area contributed by atoms with Gasteiger partial charge in [-0.25, -0.2) is 4.79 Å². The molecule has 0 radical (unpaired) electrons. The Morgan fingerprint density at radius 2 is 1.81 bits per heavy atom. The number of likely N-dealkylation sites (N-methyl/N-ethyl adjacent to an activating group) is 1. The van der Waals surface area contributed by atoms with Crippen LogP contribution >= 0.6 is 46.3 Å². The minimum Gasteiger partial charge on any atom is -0.443 e. The van der Waals surface area contributed by atoms with Crippen molar-refractivity contribution in [2.24, 2.45) is 0 Å². The van der Waals surface area contributed by atoms with Crippen LogP contribution in [0.5, 0.6) is 0 Å². The van der Waals surface area contributed by atoms with Crippen LogP contribution in [0.2, 0.25) is 10.0 Å². The van der Waals surface area contributed by atoms with Gasteiger partial charge in [0.25, 0.3) is 5.01 Å². The molecule has 0 saturated carbocycles. The normalized spacial score (nSPS) is 17.4. The van der Waals surface area contributed by atoms with Crippen molar-refractivity contribution in [3.05, 3.63) is 91.6 Å². The summed E-state index contributed by atoms with van der Waals surface area (Å²) in [5.41, 5.74) is 4.78. The Bertz CT molecular complexity index is 1660. The van der Waals surface area contributed by atoms with Crippen molar-refractivity contribution in [2.75, 3.05) is 18.5 Å². The molecule has 220 valence electrons. The molecule has 2 aromatic carbocycles. The first-order chi connectivity index (χ1) is 20.0. The van der Waals surface area contributed by atoms with Crippen molar-refractivity contribution in [3.8, 4) is 0 Å².